The highest BCUT2D eigenvalue weighted by molar-refractivity contribution is 5.82. The molecular weight excluding hydrogens is 264 g/mol. The third kappa shape index (κ3) is 2.44. The first-order chi connectivity index (χ1) is 10.1. The highest BCUT2D eigenvalue weighted by Crippen LogP contribution is 2.48. The molecule has 0 heterocycles. The Morgan fingerprint density at radius 3 is 1.86 bits per heavy atom. The number of hydrogen-bond acceptors (Lipinski definition) is 3. The summed E-state index contributed by atoms with van der Waals surface area (Å²) < 4.78 is 0. The number of aromatic hydroxyl groups is 3. The highest BCUT2D eigenvalue weighted by atomic mass is 16.3. The van der Waals surface area contributed by atoms with Crippen LogP contribution in [0.2, 0.25) is 0 Å². The van der Waals surface area contributed by atoms with Crippen LogP contribution in [0.3, 0.4) is 0 Å². The molecule has 21 heavy (non-hydrogen) atoms. The smallest absolute Gasteiger partial charge is 0.164 e. The van der Waals surface area contributed by atoms with E-state index in [0.29, 0.717) is 29.5 Å². The van der Waals surface area contributed by atoms with Crippen LogP contribution in [-0.4, -0.2) is 15.3 Å². The third-order valence-electron chi connectivity index (χ3n) is 4.00. The molecule has 0 fully saturated rings. The molecule has 3 nitrogen and oxygen atoms in total. The molecule has 2 rings (SSSR count). The van der Waals surface area contributed by atoms with E-state index in [-0.39, 0.29) is 17.2 Å². The predicted octanol–water partition coefficient (Wildman–Crippen LogP) is 4.16. The average Bonchev–Trinajstić information content (AvgIpc) is 2.51. The molecule has 0 aliphatic rings. The van der Waals surface area contributed by atoms with E-state index >= 15 is 0 Å². The lowest BCUT2D eigenvalue weighted by Crippen LogP contribution is -1.97. The standard InChI is InChI=1S/C18H22O3/c1-4-11-9-7-8-10-14(11)15-12(5-2)17(20)18(21)13(6-3)16(15)19/h7-10,19-21H,4-6H2,1-3H3. The Balaban J connectivity index is 2.88. The molecule has 2 aromatic rings. The summed E-state index contributed by atoms with van der Waals surface area (Å²) in [5.41, 5.74) is 3.64. The van der Waals surface area contributed by atoms with E-state index in [4.69, 9.17) is 0 Å². The van der Waals surface area contributed by atoms with Gasteiger partial charge in [-0.15, -0.1) is 0 Å². The minimum absolute atomic E-state index is 0.0746. The van der Waals surface area contributed by atoms with E-state index in [1.807, 2.05) is 38.1 Å². The van der Waals surface area contributed by atoms with Gasteiger partial charge in [-0.05, 0) is 30.4 Å². The molecule has 0 saturated carbocycles. The van der Waals surface area contributed by atoms with Gasteiger partial charge in [-0.2, -0.15) is 0 Å². The van der Waals surface area contributed by atoms with Crippen molar-refractivity contribution in [1.82, 2.24) is 0 Å². The van der Waals surface area contributed by atoms with Gasteiger partial charge in [-0.25, -0.2) is 0 Å². The molecule has 0 saturated heterocycles. The van der Waals surface area contributed by atoms with E-state index in [9.17, 15) is 15.3 Å². The van der Waals surface area contributed by atoms with Crippen LogP contribution in [0, 0.1) is 0 Å². The maximum atomic E-state index is 10.6. The topological polar surface area (TPSA) is 60.7 Å². The normalized spacial score (nSPS) is 10.8. The Morgan fingerprint density at radius 1 is 0.714 bits per heavy atom. The molecule has 0 radical (unpaired) electrons. The van der Waals surface area contributed by atoms with Gasteiger partial charge in [0.15, 0.2) is 11.5 Å². The fourth-order valence-corrected chi connectivity index (χ4v) is 2.85. The Hall–Kier alpha value is -2.16. The molecule has 3 N–H and O–H groups in total. The molecule has 0 spiro atoms. The average molecular weight is 286 g/mol. The zero-order chi connectivity index (χ0) is 15.6. The van der Waals surface area contributed by atoms with E-state index in [2.05, 4.69) is 6.92 Å². The number of phenols is 3. The monoisotopic (exact) mass is 286 g/mol. The van der Waals surface area contributed by atoms with E-state index in [1.54, 1.807) is 0 Å². The Morgan fingerprint density at radius 2 is 1.29 bits per heavy atom. The zero-order valence-electron chi connectivity index (χ0n) is 12.8. The second-order valence-electron chi connectivity index (χ2n) is 5.10. The maximum Gasteiger partial charge on any atom is 0.164 e. The van der Waals surface area contributed by atoms with Crippen LogP contribution in [0.25, 0.3) is 11.1 Å². The summed E-state index contributed by atoms with van der Waals surface area (Å²) in [7, 11) is 0. The molecule has 0 atom stereocenters. The SMILES string of the molecule is CCc1ccccc1-c1c(O)c(CC)c(O)c(O)c1CC. The second-order valence-corrected chi connectivity index (χ2v) is 5.10. The van der Waals surface area contributed by atoms with Gasteiger partial charge in [0.2, 0.25) is 0 Å². The Kier molecular flexibility index (Phi) is 4.41. The molecule has 112 valence electrons. The predicted molar refractivity (Wildman–Crippen MR) is 85.0 cm³/mol. The number of phenolic OH excluding ortho intramolecular Hbond substituents is 3. The molecule has 0 aliphatic carbocycles. The van der Waals surface area contributed by atoms with Gasteiger partial charge in [0.1, 0.15) is 5.75 Å². The minimum atomic E-state index is -0.204. The molecule has 0 bridgehead atoms. The van der Waals surface area contributed by atoms with E-state index < -0.39 is 0 Å². The lowest BCUT2D eigenvalue weighted by atomic mass is 9.89. The van der Waals surface area contributed by atoms with Crippen molar-refractivity contribution in [2.24, 2.45) is 0 Å². The first-order valence-corrected chi connectivity index (χ1v) is 7.43. The van der Waals surface area contributed by atoms with Crippen molar-refractivity contribution < 1.29 is 15.3 Å². The van der Waals surface area contributed by atoms with Crippen LogP contribution >= 0.6 is 0 Å². The van der Waals surface area contributed by atoms with Crippen molar-refractivity contribution in [3.05, 3.63) is 41.0 Å². The molecule has 0 aromatic heterocycles. The third-order valence-corrected chi connectivity index (χ3v) is 4.00. The van der Waals surface area contributed by atoms with Gasteiger partial charge in [0.05, 0.1) is 0 Å². The van der Waals surface area contributed by atoms with Gasteiger partial charge >= 0.3 is 0 Å². The van der Waals surface area contributed by atoms with Crippen molar-refractivity contribution in [2.45, 2.75) is 40.0 Å². The Bertz CT molecular complexity index is 660. The summed E-state index contributed by atoms with van der Waals surface area (Å²) >= 11 is 0. The van der Waals surface area contributed by atoms with Crippen molar-refractivity contribution in [3.8, 4) is 28.4 Å². The summed E-state index contributed by atoms with van der Waals surface area (Å²) in [5.74, 6) is -0.247. The van der Waals surface area contributed by atoms with Crippen molar-refractivity contribution in [1.29, 1.82) is 0 Å². The molecule has 3 heteroatoms. The number of hydrogen-bond donors (Lipinski definition) is 3. The molecule has 0 unspecified atom stereocenters. The Labute approximate surface area is 125 Å². The molecule has 0 amide bonds. The first kappa shape index (κ1) is 15.2. The van der Waals surface area contributed by atoms with E-state index in [0.717, 1.165) is 17.5 Å². The van der Waals surface area contributed by atoms with Gasteiger partial charge in [-0.3, -0.25) is 0 Å². The summed E-state index contributed by atoms with van der Waals surface area (Å²) in [6, 6.07) is 7.85. The fourth-order valence-electron chi connectivity index (χ4n) is 2.85. The first-order valence-electron chi connectivity index (χ1n) is 7.43. The van der Waals surface area contributed by atoms with Crippen LogP contribution in [0.4, 0.5) is 0 Å². The van der Waals surface area contributed by atoms with Crippen LogP contribution in [-0.2, 0) is 19.3 Å². The van der Waals surface area contributed by atoms with Crippen molar-refractivity contribution in [2.75, 3.05) is 0 Å². The second kappa shape index (κ2) is 6.08. The van der Waals surface area contributed by atoms with Crippen LogP contribution in [0.1, 0.15) is 37.5 Å². The molecular formula is C18H22O3. The summed E-state index contributed by atoms with van der Waals surface area (Å²) in [6.45, 7) is 5.80. The van der Waals surface area contributed by atoms with Crippen molar-refractivity contribution >= 4 is 0 Å². The van der Waals surface area contributed by atoms with Crippen LogP contribution in [0.5, 0.6) is 17.2 Å². The highest BCUT2D eigenvalue weighted by Gasteiger charge is 2.23. The minimum Gasteiger partial charge on any atom is -0.507 e. The molecule has 0 aliphatic heterocycles. The van der Waals surface area contributed by atoms with Crippen LogP contribution in [0.15, 0.2) is 24.3 Å². The quantitative estimate of drug-likeness (QED) is 0.584. The van der Waals surface area contributed by atoms with E-state index in [1.165, 1.54) is 0 Å². The lowest BCUT2D eigenvalue weighted by molar-refractivity contribution is 0.387. The number of aryl methyl sites for hydroxylation is 1. The lowest BCUT2D eigenvalue weighted by Gasteiger charge is -2.19. The summed E-state index contributed by atoms with van der Waals surface area (Å²) in [4.78, 5) is 0. The van der Waals surface area contributed by atoms with Crippen LogP contribution < -0.4 is 0 Å². The summed E-state index contributed by atoms with van der Waals surface area (Å²) in [5, 5.41) is 31.0. The maximum absolute atomic E-state index is 10.6. The van der Waals surface area contributed by atoms with Gasteiger partial charge in [0, 0.05) is 16.7 Å². The largest absolute Gasteiger partial charge is 0.507 e. The van der Waals surface area contributed by atoms with Gasteiger partial charge in [-0.1, -0.05) is 45.0 Å². The van der Waals surface area contributed by atoms with Gasteiger partial charge < -0.3 is 15.3 Å². The number of benzene rings is 2. The summed E-state index contributed by atoms with van der Waals surface area (Å²) in [6.07, 6.45) is 1.82. The van der Waals surface area contributed by atoms with Gasteiger partial charge in [0.25, 0.3) is 0 Å². The number of rotatable bonds is 4. The fraction of sp³-hybridized carbons (Fsp3) is 0.333. The molecule has 2 aromatic carbocycles. The zero-order valence-corrected chi connectivity index (χ0v) is 12.8. The van der Waals surface area contributed by atoms with Crippen molar-refractivity contribution in [3.63, 3.8) is 0 Å².